The molecule has 0 radical (unpaired) electrons. The second-order valence-electron chi connectivity index (χ2n) is 4.58. The number of anilines is 1. The van der Waals surface area contributed by atoms with Crippen LogP contribution in [0.2, 0.25) is 0 Å². The third kappa shape index (κ3) is 3.58. The summed E-state index contributed by atoms with van der Waals surface area (Å²) in [4.78, 5) is 11.8. The second-order valence-corrected chi connectivity index (χ2v) is 4.58. The molecule has 3 rings (SSSR count). The third-order valence-electron chi connectivity index (χ3n) is 2.98. The van der Waals surface area contributed by atoms with Crippen LogP contribution >= 0.6 is 0 Å². The zero-order valence-electron chi connectivity index (χ0n) is 11.8. The minimum atomic E-state index is -0.285. The average molecular weight is 297 g/mol. The van der Waals surface area contributed by atoms with Gasteiger partial charge in [0.2, 0.25) is 0 Å². The van der Waals surface area contributed by atoms with E-state index in [4.69, 9.17) is 14.2 Å². The molecule has 2 aromatic carbocycles. The second kappa shape index (κ2) is 6.67. The number of carbonyl (C=O) groups is 1. The number of fused-ring (bicyclic) bond motifs is 1. The molecule has 1 amide bonds. The topological polar surface area (TPSA) is 56.8 Å². The molecule has 0 saturated heterocycles. The summed E-state index contributed by atoms with van der Waals surface area (Å²) in [6.07, 6.45) is 2.67. The van der Waals surface area contributed by atoms with E-state index in [-0.39, 0.29) is 5.91 Å². The van der Waals surface area contributed by atoms with Gasteiger partial charge < -0.3 is 19.5 Å². The molecule has 0 aliphatic carbocycles. The summed E-state index contributed by atoms with van der Waals surface area (Å²) in [5.74, 6) is 1.71. The van der Waals surface area contributed by atoms with Gasteiger partial charge in [0.15, 0.2) is 11.5 Å². The van der Waals surface area contributed by atoms with E-state index in [9.17, 15) is 4.79 Å². The number of ether oxygens (including phenoxy) is 3. The van der Waals surface area contributed by atoms with Crippen molar-refractivity contribution in [2.75, 3.05) is 18.5 Å². The Labute approximate surface area is 128 Å². The first kappa shape index (κ1) is 14.0. The molecule has 0 spiro atoms. The lowest BCUT2D eigenvalue weighted by atomic mass is 10.2. The van der Waals surface area contributed by atoms with E-state index in [1.54, 1.807) is 18.2 Å². The number of hydrogen-bond donors (Lipinski definition) is 1. The smallest absolute Gasteiger partial charge is 0.251 e. The van der Waals surface area contributed by atoms with E-state index in [1.807, 2.05) is 30.3 Å². The number of amides is 1. The number of carbonyl (C=O) groups excluding carboxylic acids is 1. The lowest BCUT2D eigenvalue weighted by molar-refractivity contribution is -0.112. The lowest BCUT2D eigenvalue weighted by Gasteiger charge is -2.18. The van der Waals surface area contributed by atoms with Crippen LogP contribution in [-0.2, 0) is 4.79 Å². The van der Waals surface area contributed by atoms with Crippen molar-refractivity contribution in [2.45, 2.75) is 0 Å². The Morgan fingerprint density at radius 3 is 2.64 bits per heavy atom. The van der Waals surface area contributed by atoms with Gasteiger partial charge in [-0.25, -0.2) is 0 Å². The van der Waals surface area contributed by atoms with Crippen molar-refractivity contribution in [3.8, 4) is 17.2 Å². The van der Waals surface area contributed by atoms with Gasteiger partial charge in [-0.05, 0) is 24.3 Å². The molecule has 2 aromatic rings. The van der Waals surface area contributed by atoms with Gasteiger partial charge >= 0.3 is 0 Å². The van der Waals surface area contributed by atoms with Gasteiger partial charge in [0.25, 0.3) is 5.91 Å². The van der Waals surface area contributed by atoms with E-state index >= 15 is 0 Å². The van der Waals surface area contributed by atoms with Crippen LogP contribution in [0.3, 0.4) is 0 Å². The van der Waals surface area contributed by atoms with Crippen LogP contribution in [0, 0.1) is 0 Å². The van der Waals surface area contributed by atoms with Gasteiger partial charge in [-0.1, -0.05) is 18.2 Å². The van der Waals surface area contributed by atoms with Crippen molar-refractivity contribution in [3.63, 3.8) is 0 Å². The first-order chi connectivity index (χ1) is 10.8. The molecule has 0 aromatic heterocycles. The summed E-state index contributed by atoms with van der Waals surface area (Å²) < 4.78 is 16.2. The highest BCUT2D eigenvalue weighted by atomic mass is 16.6. The molecule has 1 aliphatic rings. The van der Waals surface area contributed by atoms with Crippen molar-refractivity contribution >= 4 is 11.6 Å². The highest BCUT2D eigenvalue weighted by Gasteiger charge is 2.12. The summed E-state index contributed by atoms with van der Waals surface area (Å²) in [7, 11) is 0. The van der Waals surface area contributed by atoms with Crippen molar-refractivity contribution in [2.24, 2.45) is 0 Å². The predicted octanol–water partition coefficient (Wildman–Crippen LogP) is 2.99. The maximum absolute atomic E-state index is 11.8. The van der Waals surface area contributed by atoms with Crippen LogP contribution in [0.15, 0.2) is 60.9 Å². The molecule has 0 saturated carbocycles. The van der Waals surface area contributed by atoms with E-state index < -0.39 is 0 Å². The van der Waals surface area contributed by atoms with E-state index in [0.717, 1.165) is 0 Å². The molecule has 5 heteroatoms. The standard InChI is InChI=1S/C17H15NO4/c19-17(8-9-20-14-4-2-1-3-5-14)18-13-6-7-15-16(12-13)22-11-10-21-15/h1-9,12H,10-11H2,(H,18,19). The Morgan fingerprint density at radius 2 is 1.82 bits per heavy atom. The van der Waals surface area contributed by atoms with E-state index in [2.05, 4.69) is 5.32 Å². The third-order valence-corrected chi connectivity index (χ3v) is 2.98. The van der Waals surface area contributed by atoms with Gasteiger partial charge in [0, 0.05) is 17.8 Å². The van der Waals surface area contributed by atoms with Gasteiger partial charge in [-0.15, -0.1) is 0 Å². The summed E-state index contributed by atoms with van der Waals surface area (Å²) in [6.45, 7) is 1.05. The molecule has 1 N–H and O–H groups in total. The number of hydrogen-bond acceptors (Lipinski definition) is 4. The molecular weight excluding hydrogens is 282 g/mol. The maximum Gasteiger partial charge on any atom is 0.251 e. The van der Waals surface area contributed by atoms with Gasteiger partial charge in [-0.2, -0.15) is 0 Å². The van der Waals surface area contributed by atoms with Crippen molar-refractivity contribution < 1.29 is 19.0 Å². The summed E-state index contributed by atoms with van der Waals surface area (Å²) in [5, 5.41) is 2.74. The predicted molar refractivity (Wildman–Crippen MR) is 82.3 cm³/mol. The molecule has 1 heterocycles. The van der Waals surface area contributed by atoms with Crippen LogP contribution in [0.25, 0.3) is 0 Å². The monoisotopic (exact) mass is 297 g/mol. The number of para-hydroxylation sites is 1. The lowest BCUT2D eigenvalue weighted by Crippen LogP contribution is -2.16. The Morgan fingerprint density at radius 1 is 1.05 bits per heavy atom. The highest BCUT2D eigenvalue weighted by Crippen LogP contribution is 2.32. The minimum absolute atomic E-state index is 0.285. The van der Waals surface area contributed by atoms with Crippen LogP contribution < -0.4 is 19.5 Å². The SMILES string of the molecule is O=C(C=COc1ccccc1)Nc1ccc2c(c1)OCCO2. The number of nitrogens with one attached hydrogen (secondary N) is 1. The Kier molecular flexibility index (Phi) is 4.25. The fourth-order valence-electron chi connectivity index (χ4n) is 1.98. The van der Waals surface area contributed by atoms with Gasteiger partial charge in [-0.3, -0.25) is 4.79 Å². The molecule has 112 valence electrons. The Bertz CT molecular complexity index is 682. The zero-order chi connectivity index (χ0) is 15.2. The first-order valence-electron chi connectivity index (χ1n) is 6.90. The Hall–Kier alpha value is -2.95. The van der Waals surface area contributed by atoms with E-state index in [1.165, 1.54) is 12.3 Å². The van der Waals surface area contributed by atoms with Crippen molar-refractivity contribution in [3.05, 3.63) is 60.9 Å². The fraction of sp³-hybridized carbons (Fsp3) is 0.118. The van der Waals surface area contributed by atoms with Crippen molar-refractivity contribution in [1.29, 1.82) is 0 Å². The minimum Gasteiger partial charge on any atom is -0.486 e. The molecule has 0 fully saturated rings. The van der Waals surface area contributed by atoms with Crippen LogP contribution in [-0.4, -0.2) is 19.1 Å². The van der Waals surface area contributed by atoms with Crippen LogP contribution in [0.1, 0.15) is 0 Å². The molecule has 5 nitrogen and oxygen atoms in total. The largest absolute Gasteiger partial charge is 0.486 e. The molecule has 22 heavy (non-hydrogen) atoms. The van der Waals surface area contributed by atoms with Gasteiger partial charge in [0.1, 0.15) is 19.0 Å². The summed E-state index contributed by atoms with van der Waals surface area (Å²) in [6, 6.07) is 14.5. The molecule has 0 atom stereocenters. The quantitative estimate of drug-likeness (QED) is 0.696. The molecule has 0 bridgehead atoms. The molecular formula is C17H15NO4. The first-order valence-corrected chi connectivity index (χ1v) is 6.90. The molecule has 1 aliphatic heterocycles. The van der Waals surface area contributed by atoms with E-state index in [0.29, 0.717) is 36.1 Å². The highest BCUT2D eigenvalue weighted by molar-refractivity contribution is 5.99. The maximum atomic E-state index is 11.8. The normalized spacial score (nSPS) is 12.9. The average Bonchev–Trinajstić information content (AvgIpc) is 2.56. The van der Waals surface area contributed by atoms with Gasteiger partial charge in [0.05, 0.1) is 6.26 Å². The van der Waals surface area contributed by atoms with Crippen molar-refractivity contribution in [1.82, 2.24) is 0 Å². The number of benzene rings is 2. The summed E-state index contributed by atoms with van der Waals surface area (Å²) in [5.41, 5.74) is 0.638. The van der Waals surface area contributed by atoms with Crippen LogP contribution in [0.4, 0.5) is 5.69 Å². The van der Waals surface area contributed by atoms with Crippen LogP contribution in [0.5, 0.6) is 17.2 Å². The summed E-state index contributed by atoms with van der Waals surface area (Å²) >= 11 is 0. The molecule has 0 unspecified atom stereocenters. The number of rotatable bonds is 4. The fourth-order valence-corrected chi connectivity index (χ4v) is 1.98. The zero-order valence-corrected chi connectivity index (χ0v) is 11.8. The Balaban J connectivity index is 1.57.